The predicted octanol–water partition coefficient (Wildman–Crippen LogP) is 3.41. The largest absolute Gasteiger partial charge is 0.481 e. The van der Waals surface area contributed by atoms with Crippen LogP contribution in [0.5, 0.6) is 0 Å². The van der Waals surface area contributed by atoms with Gasteiger partial charge in [-0.15, -0.1) is 11.3 Å². The first-order valence-corrected chi connectivity index (χ1v) is 12.6. The number of aliphatic imine (C=N–C) groups is 1. The van der Waals surface area contributed by atoms with E-state index in [0.29, 0.717) is 41.7 Å². The highest BCUT2D eigenvalue weighted by Crippen LogP contribution is 2.37. The molecule has 3 heterocycles. The molecule has 2 aliphatic rings. The summed E-state index contributed by atoms with van der Waals surface area (Å²) in [4.78, 5) is 35.5. The minimum absolute atomic E-state index is 0.0153. The fraction of sp³-hybridized carbons (Fsp3) is 0.417. The second-order valence-electron chi connectivity index (χ2n) is 8.42. The number of nitrogens with zero attached hydrogens (tertiary/aromatic N) is 3. The summed E-state index contributed by atoms with van der Waals surface area (Å²) in [6, 6.07) is 3.24. The fourth-order valence-electron chi connectivity index (χ4n) is 4.49. The molecule has 4 rings (SSSR count). The van der Waals surface area contributed by atoms with E-state index >= 15 is 0 Å². The van der Waals surface area contributed by atoms with Crippen molar-refractivity contribution in [1.29, 1.82) is 0 Å². The third kappa shape index (κ3) is 5.59. The van der Waals surface area contributed by atoms with Gasteiger partial charge in [0.25, 0.3) is 0 Å². The maximum Gasteiger partial charge on any atom is 0.338 e. The second kappa shape index (κ2) is 11.5. The van der Waals surface area contributed by atoms with Gasteiger partial charge in [-0.05, 0) is 19.4 Å². The Kier molecular flexibility index (Phi) is 8.35. The number of amidine groups is 1. The molecule has 1 aromatic heterocycles. The van der Waals surface area contributed by atoms with Crippen LogP contribution in [-0.4, -0.2) is 71.7 Å². The molecule has 0 unspecified atom stereocenters. The first-order chi connectivity index (χ1) is 17.3. The summed E-state index contributed by atoms with van der Waals surface area (Å²) in [6.07, 6.45) is 1.80. The fourth-order valence-corrected chi connectivity index (χ4v) is 5.31. The van der Waals surface area contributed by atoms with Crippen LogP contribution < -0.4 is 5.32 Å². The van der Waals surface area contributed by atoms with Crippen molar-refractivity contribution in [2.75, 3.05) is 26.8 Å². The quantitative estimate of drug-likeness (QED) is 0.493. The number of carboxylic acid groups (broad SMARTS) is 1. The molecule has 2 aromatic rings. The number of morpholine rings is 1. The molecular weight excluding hydrogens is 511 g/mol. The molecule has 0 saturated carbocycles. The van der Waals surface area contributed by atoms with Crippen molar-refractivity contribution in [3.63, 3.8) is 0 Å². The van der Waals surface area contributed by atoms with Crippen LogP contribution in [0, 0.1) is 5.82 Å². The van der Waals surface area contributed by atoms with E-state index < -0.39 is 23.8 Å². The molecule has 1 saturated heterocycles. The van der Waals surface area contributed by atoms with E-state index in [1.807, 2.05) is 6.92 Å². The average molecular weight is 537 g/mol. The highest BCUT2D eigenvalue weighted by Gasteiger charge is 2.37. The molecule has 2 N–H and O–H groups in total. The lowest BCUT2D eigenvalue weighted by molar-refractivity contribution is -0.138. The molecule has 36 heavy (non-hydrogen) atoms. The zero-order valence-corrected chi connectivity index (χ0v) is 21.3. The maximum atomic E-state index is 14.4. The number of aliphatic carboxylic acids is 1. The Morgan fingerprint density at radius 1 is 1.42 bits per heavy atom. The number of thiazole rings is 1. The number of carbonyl (C=O) groups is 2. The molecule has 0 amide bonds. The van der Waals surface area contributed by atoms with Gasteiger partial charge in [-0.3, -0.25) is 14.7 Å². The number of hydrogen-bond donors (Lipinski definition) is 2. The van der Waals surface area contributed by atoms with Crippen molar-refractivity contribution in [1.82, 2.24) is 15.2 Å². The first kappa shape index (κ1) is 26.2. The molecule has 192 valence electrons. The number of halogens is 2. The third-order valence-electron chi connectivity index (χ3n) is 6.23. The lowest BCUT2D eigenvalue weighted by atomic mass is 9.94. The molecule has 9 nitrogen and oxygen atoms in total. The number of carboxylic acids is 1. The van der Waals surface area contributed by atoms with Gasteiger partial charge in [0.15, 0.2) is 10.8 Å². The molecule has 1 aromatic carbocycles. The van der Waals surface area contributed by atoms with Gasteiger partial charge in [0.2, 0.25) is 0 Å². The van der Waals surface area contributed by atoms with Gasteiger partial charge < -0.3 is 19.9 Å². The van der Waals surface area contributed by atoms with Gasteiger partial charge in [-0.25, -0.2) is 14.2 Å². The summed E-state index contributed by atoms with van der Waals surface area (Å²) in [7, 11) is 1.27. The number of hydrogen-bond acceptors (Lipinski definition) is 9. The number of carbonyl (C=O) groups excluding carboxylic acids is 1. The van der Waals surface area contributed by atoms with E-state index in [1.165, 1.54) is 30.6 Å². The monoisotopic (exact) mass is 536 g/mol. The van der Waals surface area contributed by atoms with Crippen molar-refractivity contribution in [2.24, 2.45) is 4.99 Å². The van der Waals surface area contributed by atoms with Crippen molar-refractivity contribution in [3.8, 4) is 0 Å². The first-order valence-electron chi connectivity index (χ1n) is 11.4. The molecule has 0 spiro atoms. The number of esters is 1. The molecule has 0 bridgehead atoms. The molecule has 1 fully saturated rings. The summed E-state index contributed by atoms with van der Waals surface area (Å²) >= 11 is 7.69. The third-order valence-corrected chi connectivity index (χ3v) is 7.41. The summed E-state index contributed by atoms with van der Waals surface area (Å²) in [5.41, 5.74) is 1.02. The zero-order chi connectivity index (χ0) is 25.8. The molecule has 0 aliphatic carbocycles. The highest BCUT2D eigenvalue weighted by atomic mass is 35.5. The smallest absolute Gasteiger partial charge is 0.338 e. The number of rotatable bonds is 8. The zero-order valence-electron chi connectivity index (χ0n) is 19.7. The van der Waals surface area contributed by atoms with Crippen LogP contribution in [0.3, 0.4) is 0 Å². The molecule has 3 atom stereocenters. The van der Waals surface area contributed by atoms with Gasteiger partial charge in [0.1, 0.15) is 11.9 Å². The molecule has 2 aliphatic heterocycles. The van der Waals surface area contributed by atoms with Gasteiger partial charge >= 0.3 is 11.9 Å². The number of methoxy groups -OCH3 is 1. The lowest BCUT2D eigenvalue weighted by Crippen LogP contribution is -2.52. The van der Waals surface area contributed by atoms with Crippen molar-refractivity contribution in [2.45, 2.75) is 38.0 Å². The van der Waals surface area contributed by atoms with Crippen LogP contribution in [0.25, 0.3) is 0 Å². The van der Waals surface area contributed by atoms with Gasteiger partial charge in [-0.1, -0.05) is 23.7 Å². The van der Waals surface area contributed by atoms with Crippen LogP contribution in [-0.2, 0) is 19.1 Å². The van der Waals surface area contributed by atoms with Crippen LogP contribution in [0.1, 0.15) is 36.4 Å². The predicted molar refractivity (Wildman–Crippen MR) is 133 cm³/mol. The van der Waals surface area contributed by atoms with Crippen LogP contribution in [0.15, 0.2) is 46.0 Å². The standard InChI is InChI=1S/C24H26ClFN4O5S/c1-13-17(6-7-18(31)32)30(9-10-35-13)12-16-19(24(33)34-2)21(14-4-3-5-15(26)20(14)25)29-22(28-16)23-27-8-11-36-23/h3-5,8,11,13,17,21H,6-7,9-10,12H2,1-2H3,(H,28,29)(H,31,32)/t13-,17-,21+/m1/s1. The number of aromatic nitrogens is 1. The van der Waals surface area contributed by atoms with Crippen LogP contribution in [0.4, 0.5) is 4.39 Å². The van der Waals surface area contributed by atoms with Gasteiger partial charge in [0, 0.05) is 48.4 Å². The Bertz CT molecular complexity index is 1190. The average Bonchev–Trinajstić information content (AvgIpc) is 3.39. The number of ether oxygens (including phenoxy) is 2. The number of nitrogens with one attached hydrogen (secondary N) is 1. The van der Waals surface area contributed by atoms with Gasteiger partial charge in [-0.2, -0.15) is 0 Å². The normalized spacial score (nSPS) is 22.7. The Balaban J connectivity index is 1.79. The topological polar surface area (TPSA) is 113 Å². The summed E-state index contributed by atoms with van der Waals surface area (Å²) < 4.78 is 25.3. The second-order valence-corrected chi connectivity index (χ2v) is 9.69. The minimum atomic E-state index is -0.938. The van der Waals surface area contributed by atoms with Crippen LogP contribution in [0.2, 0.25) is 5.02 Å². The maximum absolute atomic E-state index is 14.4. The van der Waals surface area contributed by atoms with E-state index in [2.05, 4.69) is 15.2 Å². The van der Waals surface area contributed by atoms with Crippen molar-refractivity contribution in [3.05, 3.63) is 62.5 Å². The molecule has 0 radical (unpaired) electrons. The van der Waals surface area contributed by atoms with E-state index in [9.17, 15) is 19.1 Å². The Morgan fingerprint density at radius 3 is 2.92 bits per heavy atom. The van der Waals surface area contributed by atoms with E-state index in [4.69, 9.17) is 26.1 Å². The van der Waals surface area contributed by atoms with Crippen molar-refractivity contribution >= 4 is 40.7 Å². The molecular formula is C24H26ClFN4O5S. The van der Waals surface area contributed by atoms with E-state index in [-0.39, 0.29) is 35.7 Å². The SMILES string of the molecule is COC(=O)C1=C(CN2CCO[C@H](C)[C@H]2CCC(=O)O)NC(c2nccs2)=N[C@H]1c1cccc(F)c1Cl. The number of benzene rings is 1. The summed E-state index contributed by atoms with van der Waals surface area (Å²) in [5.74, 6) is -1.73. The van der Waals surface area contributed by atoms with E-state index in [1.54, 1.807) is 17.6 Å². The highest BCUT2D eigenvalue weighted by molar-refractivity contribution is 7.11. The summed E-state index contributed by atoms with van der Waals surface area (Å²) in [6.45, 7) is 3.15. The minimum Gasteiger partial charge on any atom is -0.481 e. The Hall–Kier alpha value is -2.86. The lowest BCUT2D eigenvalue weighted by Gasteiger charge is -2.41. The molecule has 12 heteroatoms. The van der Waals surface area contributed by atoms with Gasteiger partial charge in [0.05, 0.1) is 30.4 Å². The Labute approximate surface area is 216 Å². The van der Waals surface area contributed by atoms with Crippen LogP contribution >= 0.6 is 22.9 Å². The summed E-state index contributed by atoms with van der Waals surface area (Å²) in [5, 5.41) is 14.7. The van der Waals surface area contributed by atoms with E-state index in [0.717, 1.165) is 0 Å². The Morgan fingerprint density at radius 2 is 2.22 bits per heavy atom. The van der Waals surface area contributed by atoms with Crippen molar-refractivity contribution < 1.29 is 28.6 Å².